The fraction of sp³-hybridized carbons (Fsp3) is 1.00. The Bertz CT molecular complexity index is 90.1. The van der Waals surface area contributed by atoms with Gasteiger partial charge in [-0.05, 0) is 13.5 Å². The quantitative estimate of drug-likeness (QED) is 0.624. The van der Waals surface area contributed by atoms with Crippen LogP contribution in [-0.2, 0) is 0 Å². The van der Waals surface area contributed by atoms with Crippen LogP contribution < -0.4 is 0 Å². The Labute approximate surface area is 68.0 Å². The molecule has 1 rings (SSSR count). The molecule has 0 aromatic carbocycles. The van der Waals surface area contributed by atoms with Crippen molar-refractivity contribution in [2.45, 2.75) is 32.5 Å². The van der Waals surface area contributed by atoms with Gasteiger partial charge in [0, 0.05) is 6.54 Å². The van der Waals surface area contributed by atoms with E-state index in [0.717, 1.165) is 6.54 Å². The first-order valence-electron chi connectivity index (χ1n) is 4.21. The van der Waals surface area contributed by atoms with Gasteiger partial charge in [-0.2, -0.15) is 0 Å². The van der Waals surface area contributed by atoms with Crippen molar-refractivity contribution in [1.29, 1.82) is 0 Å². The van der Waals surface area contributed by atoms with Crippen molar-refractivity contribution in [2.75, 3.05) is 20.2 Å². The molecule has 0 amide bonds. The summed E-state index contributed by atoms with van der Waals surface area (Å²) >= 11 is 0. The zero-order valence-corrected chi connectivity index (χ0v) is 7.55. The first-order chi connectivity index (χ1) is 5.25. The molecule has 0 aromatic rings. The summed E-state index contributed by atoms with van der Waals surface area (Å²) in [7, 11) is 1.83. The normalized spacial score (nSPS) is 31.4. The second kappa shape index (κ2) is 5.49. The summed E-state index contributed by atoms with van der Waals surface area (Å²) in [5.74, 6) is 0. The van der Waals surface area contributed by atoms with Crippen LogP contribution in [0.15, 0.2) is 0 Å². The predicted octanol–water partition coefficient (Wildman–Crippen LogP) is 1.05. The minimum absolute atomic E-state index is 0.0579. The molecule has 1 aliphatic rings. The number of likely N-dealkylation sites (N-methyl/N-ethyl adjacent to an activating group) is 1. The number of halogens is 1. The second-order valence-corrected chi connectivity index (χ2v) is 2.54. The Morgan fingerprint density at radius 1 is 1.55 bits per heavy atom. The van der Waals surface area contributed by atoms with Crippen molar-refractivity contribution in [3.63, 3.8) is 0 Å². The van der Waals surface area contributed by atoms with Crippen LogP contribution in [-0.4, -0.2) is 42.4 Å². The molecule has 0 bridgehead atoms. The Morgan fingerprint density at radius 2 is 2.09 bits per heavy atom. The highest BCUT2D eigenvalue weighted by atomic mass is 19.1. The van der Waals surface area contributed by atoms with Gasteiger partial charge in [-0.1, -0.05) is 13.8 Å². The molecule has 3 heteroatoms. The molecule has 1 heterocycles. The summed E-state index contributed by atoms with van der Waals surface area (Å²) in [6, 6.07) is -0.245. The Kier molecular flexibility index (Phi) is 5.42. The molecule has 0 spiro atoms. The van der Waals surface area contributed by atoms with Gasteiger partial charge in [-0.3, -0.25) is 4.90 Å². The molecular formula is C8H18FNO. The fourth-order valence-electron chi connectivity index (χ4n) is 1.22. The van der Waals surface area contributed by atoms with Gasteiger partial charge in [0.15, 0.2) is 0 Å². The molecule has 2 nitrogen and oxygen atoms in total. The summed E-state index contributed by atoms with van der Waals surface area (Å²) in [4.78, 5) is 1.85. The van der Waals surface area contributed by atoms with E-state index in [1.807, 2.05) is 25.8 Å². The third kappa shape index (κ3) is 2.75. The highest BCUT2D eigenvalue weighted by Crippen LogP contribution is 2.17. The molecule has 68 valence electrons. The molecule has 11 heavy (non-hydrogen) atoms. The number of aliphatic hydroxyl groups excluding tert-OH is 1. The average molecular weight is 163 g/mol. The van der Waals surface area contributed by atoms with Crippen LogP contribution in [0.25, 0.3) is 0 Å². The third-order valence-electron chi connectivity index (χ3n) is 1.93. The molecule has 1 N–H and O–H groups in total. The van der Waals surface area contributed by atoms with Crippen molar-refractivity contribution < 1.29 is 9.50 Å². The van der Waals surface area contributed by atoms with E-state index in [4.69, 9.17) is 5.11 Å². The van der Waals surface area contributed by atoms with Gasteiger partial charge in [0.2, 0.25) is 0 Å². The van der Waals surface area contributed by atoms with Gasteiger partial charge in [-0.25, -0.2) is 4.39 Å². The van der Waals surface area contributed by atoms with E-state index in [9.17, 15) is 4.39 Å². The van der Waals surface area contributed by atoms with Crippen molar-refractivity contribution in [3.8, 4) is 0 Å². The lowest BCUT2D eigenvalue weighted by molar-refractivity contribution is 0.135. The van der Waals surface area contributed by atoms with Crippen molar-refractivity contribution in [3.05, 3.63) is 0 Å². The maximum absolute atomic E-state index is 12.6. The fourth-order valence-corrected chi connectivity index (χ4v) is 1.22. The number of hydrogen-bond acceptors (Lipinski definition) is 2. The summed E-state index contributed by atoms with van der Waals surface area (Å²) in [5.41, 5.74) is 0. The van der Waals surface area contributed by atoms with E-state index in [0.29, 0.717) is 6.42 Å². The van der Waals surface area contributed by atoms with E-state index in [2.05, 4.69) is 0 Å². The van der Waals surface area contributed by atoms with E-state index in [1.54, 1.807) is 0 Å². The average Bonchev–Trinajstić information content (AvgIpc) is 2.35. The number of likely N-dealkylation sites (tertiary alicyclic amines) is 1. The number of rotatable bonds is 1. The van der Waals surface area contributed by atoms with E-state index >= 15 is 0 Å². The SMILES string of the molecule is CC.CN1CC[C@H](F)[C@H]1CO. The van der Waals surface area contributed by atoms with Crippen LogP contribution in [0.4, 0.5) is 4.39 Å². The Morgan fingerprint density at radius 3 is 2.27 bits per heavy atom. The minimum Gasteiger partial charge on any atom is -0.395 e. The first kappa shape index (κ1) is 10.8. The molecule has 0 aromatic heterocycles. The number of hydrogen-bond donors (Lipinski definition) is 1. The van der Waals surface area contributed by atoms with Gasteiger partial charge in [0.05, 0.1) is 12.6 Å². The predicted molar refractivity (Wildman–Crippen MR) is 44.4 cm³/mol. The summed E-state index contributed by atoms with van der Waals surface area (Å²) in [6.07, 6.45) is -0.248. The van der Waals surface area contributed by atoms with Gasteiger partial charge < -0.3 is 5.11 Å². The van der Waals surface area contributed by atoms with E-state index in [1.165, 1.54) is 0 Å². The Hall–Kier alpha value is -0.150. The maximum atomic E-state index is 12.6. The monoisotopic (exact) mass is 163 g/mol. The number of alkyl halides is 1. The largest absolute Gasteiger partial charge is 0.395 e. The lowest BCUT2D eigenvalue weighted by Crippen LogP contribution is -2.33. The van der Waals surface area contributed by atoms with Gasteiger partial charge in [-0.15, -0.1) is 0 Å². The zero-order valence-electron chi connectivity index (χ0n) is 7.55. The molecule has 0 saturated carbocycles. The van der Waals surface area contributed by atoms with Crippen LogP contribution in [0.5, 0.6) is 0 Å². The summed E-state index contributed by atoms with van der Waals surface area (Å²) in [6.45, 7) is 4.71. The third-order valence-corrected chi connectivity index (χ3v) is 1.93. The highest BCUT2D eigenvalue weighted by molar-refractivity contribution is 4.84. The zero-order chi connectivity index (χ0) is 8.85. The topological polar surface area (TPSA) is 23.5 Å². The lowest BCUT2D eigenvalue weighted by atomic mass is 10.2. The van der Waals surface area contributed by atoms with E-state index in [-0.39, 0.29) is 12.6 Å². The van der Waals surface area contributed by atoms with Crippen LogP contribution in [0.2, 0.25) is 0 Å². The van der Waals surface area contributed by atoms with Crippen molar-refractivity contribution >= 4 is 0 Å². The lowest BCUT2D eigenvalue weighted by Gasteiger charge is -2.17. The Balaban J connectivity index is 0.000000461. The second-order valence-electron chi connectivity index (χ2n) is 2.54. The minimum atomic E-state index is -0.819. The van der Waals surface area contributed by atoms with Crippen LogP contribution in [0.3, 0.4) is 0 Å². The maximum Gasteiger partial charge on any atom is 0.119 e. The molecule has 1 fully saturated rings. The molecule has 2 atom stereocenters. The van der Waals surface area contributed by atoms with Crippen LogP contribution >= 0.6 is 0 Å². The number of aliphatic hydroxyl groups is 1. The van der Waals surface area contributed by atoms with Crippen molar-refractivity contribution in [2.24, 2.45) is 0 Å². The standard InChI is InChI=1S/C6H12FNO.C2H6/c1-8-3-2-5(7)6(8)4-9;1-2/h5-6,9H,2-4H2,1H3;1-2H3/t5-,6+;/m0./s1. The first-order valence-corrected chi connectivity index (χ1v) is 4.21. The van der Waals surface area contributed by atoms with Gasteiger partial charge in [0.1, 0.15) is 6.17 Å². The summed E-state index contributed by atoms with van der Waals surface area (Å²) < 4.78 is 12.6. The molecular weight excluding hydrogens is 145 g/mol. The van der Waals surface area contributed by atoms with Crippen LogP contribution in [0.1, 0.15) is 20.3 Å². The van der Waals surface area contributed by atoms with Gasteiger partial charge in [0.25, 0.3) is 0 Å². The van der Waals surface area contributed by atoms with Crippen molar-refractivity contribution in [1.82, 2.24) is 4.90 Å². The molecule has 0 radical (unpaired) electrons. The molecule has 1 saturated heterocycles. The molecule has 0 unspecified atom stereocenters. The van der Waals surface area contributed by atoms with Crippen LogP contribution in [0, 0.1) is 0 Å². The number of nitrogens with zero attached hydrogens (tertiary/aromatic N) is 1. The molecule has 0 aliphatic carbocycles. The molecule has 1 aliphatic heterocycles. The van der Waals surface area contributed by atoms with E-state index < -0.39 is 6.17 Å². The van der Waals surface area contributed by atoms with Gasteiger partial charge >= 0.3 is 0 Å². The smallest absolute Gasteiger partial charge is 0.119 e. The highest BCUT2D eigenvalue weighted by Gasteiger charge is 2.30. The summed E-state index contributed by atoms with van der Waals surface area (Å²) in [5, 5.41) is 8.63.